The maximum absolute atomic E-state index is 13.9. The predicted molar refractivity (Wildman–Crippen MR) is 130 cm³/mol. The average Bonchev–Trinajstić information content (AvgIpc) is 3.45. The van der Waals surface area contributed by atoms with Gasteiger partial charge in [-0.05, 0) is 37.3 Å². The second-order valence-corrected chi connectivity index (χ2v) is 9.35. The summed E-state index contributed by atoms with van der Waals surface area (Å²) in [5.41, 5.74) is -1.00. The summed E-state index contributed by atoms with van der Waals surface area (Å²) in [6.45, 7) is 2.32. The van der Waals surface area contributed by atoms with Crippen LogP contribution in [-0.4, -0.2) is 35.6 Å². The van der Waals surface area contributed by atoms with Crippen LogP contribution in [0.5, 0.6) is 5.75 Å². The number of amides is 2. The van der Waals surface area contributed by atoms with Crippen LogP contribution in [0.15, 0.2) is 72.8 Å². The zero-order valence-corrected chi connectivity index (χ0v) is 19.9. The molecule has 3 aromatic rings. The number of carbonyl (C=O) groups excluding carboxylic acids is 4. The Hall–Kier alpha value is -3.81. The van der Waals surface area contributed by atoms with Crippen LogP contribution in [-0.2, 0) is 14.3 Å². The Morgan fingerprint density at radius 1 is 0.861 bits per heavy atom. The van der Waals surface area contributed by atoms with Crippen LogP contribution in [0.1, 0.15) is 39.3 Å². The van der Waals surface area contributed by atoms with Crippen molar-refractivity contribution in [3.05, 3.63) is 94.5 Å². The molecule has 0 unspecified atom stereocenters. The van der Waals surface area contributed by atoms with Crippen molar-refractivity contribution in [1.82, 2.24) is 0 Å². The number of fused-ring (bicyclic) bond motifs is 3. The molecule has 3 atom stereocenters. The first-order valence-corrected chi connectivity index (χ1v) is 12.0. The van der Waals surface area contributed by atoms with Crippen molar-refractivity contribution in [2.24, 2.45) is 11.8 Å². The van der Waals surface area contributed by atoms with Gasteiger partial charge in [0.25, 0.3) is 0 Å². The van der Waals surface area contributed by atoms with E-state index in [4.69, 9.17) is 21.1 Å². The number of nitrogens with zero attached hydrogens (tertiary/aromatic N) is 1. The Morgan fingerprint density at radius 3 is 2.08 bits per heavy atom. The van der Waals surface area contributed by atoms with Gasteiger partial charge in [0.05, 0.1) is 30.2 Å². The molecule has 0 radical (unpaired) electrons. The van der Waals surface area contributed by atoms with Gasteiger partial charge in [-0.15, -0.1) is 0 Å². The highest BCUT2D eigenvalue weighted by atomic mass is 35.5. The largest absolute Gasteiger partial charge is 0.494 e. The third-order valence-corrected chi connectivity index (χ3v) is 7.48. The zero-order valence-electron chi connectivity index (χ0n) is 19.1. The highest BCUT2D eigenvalue weighted by molar-refractivity contribution is 6.37. The molecule has 7 nitrogen and oxygen atoms in total. The number of halogens is 1. The topological polar surface area (TPSA) is 90.0 Å². The summed E-state index contributed by atoms with van der Waals surface area (Å²) in [4.78, 5) is 56.4. The first-order valence-electron chi connectivity index (χ1n) is 11.6. The number of benzene rings is 3. The van der Waals surface area contributed by atoms with Crippen molar-refractivity contribution in [2.75, 3.05) is 11.5 Å². The summed E-state index contributed by atoms with van der Waals surface area (Å²) in [7, 11) is 0. The fourth-order valence-electron chi connectivity index (χ4n) is 5.62. The van der Waals surface area contributed by atoms with Gasteiger partial charge in [0.2, 0.25) is 29.0 Å². The van der Waals surface area contributed by atoms with Crippen molar-refractivity contribution < 1.29 is 28.7 Å². The summed E-state index contributed by atoms with van der Waals surface area (Å²) < 4.78 is 11.7. The summed E-state index contributed by atoms with van der Waals surface area (Å²) >= 11 is 6.46. The molecular weight excluding hydrogens is 482 g/mol. The van der Waals surface area contributed by atoms with Crippen molar-refractivity contribution in [2.45, 2.75) is 18.6 Å². The maximum atomic E-state index is 13.9. The molecule has 0 bridgehead atoms. The van der Waals surface area contributed by atoms with Crippen LogP contribution in [0.2, 0.25) is 5.02 Å². The molecule has 6 rings (SSSR count). The quantitative estimate of drug-likeness (QED) is 0.388. The zero-order chi connectivity index (χ0) is 25.2. The van der Waals surface area contributed by atoms with Crippen LogP contribution < -0.4 is 9.64 Å². The van der Waals surface area contributed by atoms with E-state index in [2.05, 4.69) is 0 Å². The number of ketones is 2. The summed E-state index contributed by atoms with van der Waals surface area (Å²) in [6, 6.07) is 19.7. The highest BCUT2D eigenvalue weighted by Crippen LogP contribution is 2.58. The van der Waals surface area contributed by atoms with Crippen LogP contribution in [0.4, 0.5) is 5.69 Å². The van der Waals surface area contributed by atoms with E-state index in [1.54, 1.807) is 60.7 Å². The molecule has 2 heterocycles. The van der Waals surface area contributed by atoms with Gasteiger partial charge in [-0.3, -0.25) is 19.2 Å². The molecule has 2 aliphatic heterocycles. The molecule has 1 spiro atoms. The SMILES string of the molecule is CCOc1ccc(N2C(=O)[C@H]3[C@@H](C2=O)C2(O[C@H]3c3ccccc3Cl)C(=O)c3ccccc3C2=O)cc1. The molecular formula is C28H20ClNO6. The molecule has 2 saturated heterocycles. The Morgan fingerprint density at radius 2 is 1.47 bits per heavy atom. The summed E-state index contributed by atoms with van der Waals surface area (Å²) in [6.07, 6.45) is -1.06. The number of imide groups is 1. The van der Waals surface area contributed by atoms with Crippen LogP contribution in [0, 0.1) is 11.8 Å². The lowest BCUT2D eigenvalue weighted by atomic mass is 9.77. The van der Waals surface area contributed by atoms with Gasteiger partial charge in [0.15, 0.2) is 0 Å². The average molecular weight is 502 g/mol. The molecule has 1 aliphatic carbocycles. The van der Waals surface area contributed by atoms with E-state index >= 15 is 0 Å². The fraction of sp³-hybridized carbons (Fsp3) is 0.214. The molecule has 0 N–H and O–H groups in total. The Balaban J connectivity index is 1.51. The number of anilines is 1. The first-order chi connectivity index (χ1) is 17.4. The van der Waals surface area contributed by atoms with Crippen molar-refractivity contribution >= 4 is 40.7 Å². The van der Waals surface area contributed by atoms with E-state index < -0.39 is 46.9 Å². The minimum absolute atomic E-state index is 0.181. The van der Waals surface area contributed by atoms with Crippen molar-refractivity contribution in [3.8, 4) is 5.75 Å². The minimum Gasteiger partial charge on any atom is -0.494 e. The van der Waals surface area contributed by atoms with Crippen LogP contribution in [0.3, 0.4) is 0 Å². The summed E-state index contributed by atoms with van der Waals surface area (Å²) in [5.74, 6) is -4.27. The Bertz CT molecular complexity index is 1410. The molecule has 36 heavy (non-hydrogen) atoms. The third kappa shape index (κ3) is 2.90. The fourth-order valence-corrected chi connectivity index (χ4v) is 5.86. The number of rotatable bonds is 4. The van der Waals surface area contributed by atoms with E-state index in [0.29, 0.717) is 28.6 Å². The predicted octanol–water partition coefficient (Wildman–Crippen LogP) is 4.43. The molecule has 3 aliphatic rings. The number of hydrogen-bond donors (Lipinski definition) is 0. The van der Waals surface area contributed by atoms with Gasteiger partial charge in [0.1, 0.15) is 5.75 Å². The monoisotopic (exact) mass is 501 g/mol. The Labute approximate surface area is 211 Å². The smallest absolute Gasteiger partial charge is 0.241 e. The minimum atomic E-state index is -2.13. The third-order valence-electron chi connectivity index (χ3n) is 7.14. The van der Waals surface area contributed by atoms with Gasteiger partial charge in [0, 0.05) is 21.7 Å². The van der Waals surface area contributed by atoms with E-state index in [-0.39, 0.29) is 11.1 Å². The van der Waals surface area contributed by atoms with Gasteiger partial charge in [-0.25, -0.2) is 4.90 Å². The second-order valence-electron chi connectivity index (χ2n) is 8.94. The summed E-state index contributed by atoms with van der Waals surface area (Å²) in [5, 5.41) is 0.313. The Kier molecular flexibility index (Phi) is 5.10. The van der Waals surface area contributed by atoms with Crippen LogP contribution in [0.25, 0.3) is 0 Å². The highest BCUT2D eigenvalue weighted by Gasteiger charge is 2.74. The maximum Gasteiger partial charge on any atom is 0.241 e. The number of hydrogen-bond acceptors (Lipinski definition) is 6. The number of ether oxygens (including phenoxy) is 2. The van der Waals surface area contributed by atoms with E-state index in [1.165, 1.54) is 12.1 Å². The normalized spacial score (nSPS) is 23.9. The standard InChI is InChI=1S/C28H20ClNO6/c1-2-35-16-13-11-15(12-14-16)30-26(33)21-22(27(30)34)28(36-23(21)19-9-5-6-10-20(19)29)24(31)17-7-3-4-8-18(17)25(28)32/h3-14,21-23H,2H2,1H3/t21-,22-,23-/m0/s1. The molecule has 8 heteroatoms. The van der Waals surface area contributed by atoms with Crippen molar-refractivity contribution in [3.63, 3.8) is 0 Å². The molecule has 0 saturated carbocycles. The van der Waals surface area contributed by atoms with Gasteiger partial charge >= 0.3 is 0 Å². The lowest BCUT2D eigenvalue weighted by Crippen LogP contribution is -2.51. The lowest BCUT2D eigenvalue weighted by Gasteiger charge is -2.27. The molecule has 2 amide bonds. The van der Waals surface area contributed by atoms with Gasteiger partial charge < -0.3 is 9.47 Å². The van der Waals surface area contributed by atoms with Gasteiger partial charge in [-0.1, -0.05) is 54.1 Å². The lowest BCUT2D eigenvalue weighted by molar-refractivity contribution is -0.127. The molecule has 0 aromatic heterocycles. The van der Waals surface area contributed by atoms with Gasteiger partial charge in [-0.2, -0.15) is 0 Å². The molecule has 2 fully saturated rings. The van der Waals surface area contributed by atoms with Crippen molar-refractivity contribution in [1.29, 1.82) is 0 Å². The van der Waals surface area contributed by atoms with E-state index in [0.717, 1.165) is 4.90 Å². The van der Waals surface area contributed by atoms with Crippen LogP contribution >= 0.6 is 11.6 Å². The second kappa shape index (κ2) is 8.11. The first kappa shape index (κ1) is 22.6. The van der Waals surface area contributed by atoms with E-state index in [9.17, 15) is 19.2 Å². The number of carbonyl (C=O) groups is 4. The molecule has 3 aromatic carbocycles. The molecule has 180 valence electrons. The number of Topliss-reactive ketones (excluding diaryl/α,β-unsaturated/α-hetero) is 2. The van der Waals surface area contributed by atoms with E-state index in [1.807, 2.05) is 6.92 Å².